The first-order chi connectivity index (χ1) is 9.83. The van der Waals surface area contributed by atoms with Crippen LogP contribution in [0, 0.1) is 5.92 Å². The monoisotopic (exact) mass is 275 g/mol. The average molecular weight is 275 g/mol. The third-order valence-electron chi connectivity index (χ3n) is 4.72. The van der Waals surface area contributed by atoms with Gasteiger partial charge in [-0.1, -0.05) is 19.3 Å². The number of nitrogens with one attached hydrogen (secondary N) is 1. The summed E-state index contributed by atoms with van der Waals surface area (Å²) in [5, 5.41) is 7.96. The first-order valence-corrected chi connectivity index (χ1v) is 8.10. The molecular weight excluding hydrogens is 250 g/mol. The second kappa shape index (κ2) is 6.53. The minimum atomic E-state index is 0.198. The van der Waals surface area contributed by atoms with Crippen LogP contribution in [0.5, 0.6) is 0 Å². The lowest BCUT2D eigenvalue weighted by Gasteiger charge is -2.22. The van der Waals surface area contributed by atoms with Gasteiger partial charge in [0, 0.05) is 18.7 Å². The maximum absolute atomic E-state index is 12.3. The molecule has 1 atom stereocenters. The molecule has 3 rings (SSSR count). The van der Waals surface area contributed by atoms with Gasteiger partial charge in [0.2, 0.25) is 0 Å². The number of hydrogen-bond acceptors (Lipinski definition) is 3. The molecule has 0 amide bonds. The summed E-state index contributed by atoms with van der Waals surface area (Å²) in [6, 6.07) is 2.59. The van der Waals surface area contributed by atoms with Crippen molar-refractivity contribution in [1.29, 1.82) is 0 Å². The summed E-state index contributed by atoms with van der Waals surface area (Å²) in [5.41, 5.74) is 0.950. The molecular formula is C16H25N3O. The fraction of sp³-hybridized carbons (Fsp3) is 0.750. The van der Waals surface area contributed by atoms with Gasteiger partial charge in [0.25, 0.3) is 0 Å². The summed E-state index contributed by atoms with van der Waals surface area (Å²) in [6.45, 7) is 1.91. The predicted octanol–water partition coefficient (Wildman–Crippen LogP) is 2.50. The number of carbonyl (C=O) groups excluding carboxylic acids is 1. The van der Waals surface area contributed by atoms with E-state index in [1.165, 1.54) is 32.1 Å². The van der Waals surface area contributed by atoms with Gasteiger partial charge in [-0.2, -0.15) is 5.10 Å². The molecule has 1 saturated heterocycles. The van der Waals surface area contributed by atoms with Crippen LogP contribution in [0.1, 0.15) is 56.7 Å². The van der Waals surface area contributed by atoms with Crippen LogP contribution in [-0.4, -0.2) is 28.7 Å². The molecule has 0 bridgehead atoms. The number of nitrogens with zero attached hydrogens (tertiary/aromatic N) is 2. The van der Waals surface area contributed by atoms with Crippen molar-refractivity contribution >= 4 is 5.78 Å². The molecule has 1 aliphatic heterocycles. The Bertz CT molecular complexity index is 442. The van der Waals surface area contributed by atoms with Crippen molar-refractivity contribution in [1.82, 2.24) is 15.1 Å². The Hall–Kier alpha value is -1.16. The summed E-state index contributed by atoms with van der Waals surface area (Å²) in [7, 11) is 0. The number of aromatic nitrogens is 2. The van der Waals surface area contributed by atoms with Crippen LogP contribution in [-0.2, 0) is 11.2 Å². The summed E-state index contributed by atoms with van der Waals surface area (Å²) in [4.78, 5) is 12.3. The molecule has 2 heterocycles. The number of piperidine rings is 1. The normalized spacial score (nSPS) is 24.7. The zero-order chi connectivity index (χ0) is 13.8. The van der Waals surface area contributed by atoms with Gasteiger partial charge in [-0.15, -0.1) is 0 Å². The van der Waals surface area contributed by atoms with Crippen LogP contribution < -0.4 is 5.32 Å². The second-order valence-electron chi connectivity index (χ2n) is 6.27. The predicted molar refractivity (Wildman–Crippen MR) is 78.7 cm³/mol. The van der Waals surface area contributed by atoms with Gasteiger partial charge in [0.05, 0.1) is 18.2 Å². The van der Waals surface area contributed by atoms with Crippen molar-refractivity contribution in [3.63, 3.8) is 0 Å². The van der Waals surface area contributed by atoms with Gasteiger partial charge in [0.1, 0.15) is 5.78 Å². The van der Waals surface area contributed by atoms with E-state index in [0.29, 0.717) is 18.2 Å². The molecule has 0 aromatic carbocycles. The highest BCUT2D eigenvalue weighted by Gasteiger charge is 2.22. The lowest BCUT2D eigenvalue weighted by molar-refractivity contribution is -0.122. The Balaban J connectivity index is 1.57. The molecule has 4 heteroatoms. The van der Waals surface area contributed by atoms with Crippen LogP contribution in [0.25, 0.3) is 0 Å². The van der Waals surface area contributed by atoms with Gasteiger partial charge in [-0.05, 0) is 38.3 Å². The molecule has 1 aromatic heterocycles. The Morgan fingerprint density at radius 3 is 2.85 bits per heavy atom. The number of hydrogen-bond donors (Lipinski definition) is 1. The van der Waals surface area contributed by atoms with E-state index in [0.717, 1.165) is 31.6 Å². The molecule has 2 aliphatic rings. The molecule has 1 aliphatic carbocycles. The van der Waals surface area contributed by atoms with Crippen LogP contribution in [0.3, 0.4) is 0 Å². The van der Waals surface area contributed by atoms with Gasteiger partial charge < -0.3 is 5.32 Å². The lowest BCUT2D eigenvalue weighted by atomic mass is 9.93. The van der Waals surface area contributed by atoms with Crippen molar-refractivity contribution in [3.05, 3.63) is 18.0 Å². The molecule has 2 fully saturated rings. The molecule has 1 unspecified atom stereocenters. The highest BCUT2D eigenvalue weighted by molar-refractivity contribution is 5.83. The van der Waals surface area contributed by atoms with Crippen molar-refractivity contribution in [2.45, 2.75) is 57.4 Å². The van der Waals surface area contributed by atoms with Gasteiger partial charge >= 0.3 is 0 Å². The van der Waals surface area contributed by atoms with Crippen LogP contribution in [0.2, 0.25) is 0 Å². The zero-order valence-corrected chi connectivity index (χ0v) is 12.2. The van der Waals surface area contributed by atoms with E-state index < -0.39 is 0 Å². The standard InChI is InChI=1S/C16H25N3O/c20-16(13-5-4-9-17-12-13)11-14-8-10-19(18-14)15-6-2-1-3-7-15/h8,10,13,15,17H,1-7,9,11-12H2. The van der Waals surface area contributed by atoms with Crippen molar-refractivity contribution in [2.24, 2.45) is 5.92 Å². The summed E-state index contributed by atoms with van der Waals surface area (Å²) in [5.74, 6) is 0.551. The molecule has 4 nitrogen and oxygen atoms in total. The van der Waals surface area contributed by atoms with E-state index in [1.54, 1.807) is 0 Å². The molecule has 1 aromatic rings. The van der Waals surface area contributed by atoms with Gasteiger partial charge in [-0.25, -0.2) is 0 Å². The number of carbonyl (C=O) groups is 1. The van der Waals surface area contributed by atoms with E-state index in [-0.39, 0.29) is 5.92 Å². The molecule has 20 heavy (non-hydrogen) atoms. The number of rotatable bonds is 4. The van der Waals surface area contributed by atoms with E-state index >= 15 is 0 Å². The van der Waals surface area contributed by atoms with Crippen molar-refractivity contribution in [2.75, 3.05) is 13.1 Å². The highest BCUT2D eigenvalue weighted by atomic mass is 16.1. The van der Waals surface area contributed by atoms with Crippen molar-refractivity contribution in [3.8, 4) is 0 Å². The van der Waals surface area contributed by atoms with Gasteiger partial charge in [-0.3, -0.25) is 9.48 Å². The fourth-order valence-corrected chi connectivity index (χ4v) is 3.47. The zero-order valence-electron chi connectivity index (χ0n) is 12.2. The minimum Gasteiger partial charge on any atom is -0.316 e. The first-order valence-electron chi connectivity index (χ1n) is 8.10. The van der Waals surface area contributed by atoms with Crippen LogP contribution in [0.15, 0.2) is 12.3 Å². The quantitative estimate of drug-likeness (QED) is 0.918. The SMILES string of the molecule is O=C(Cc1ccn(C2CCCCC2)n1)C1CCCNC1. The molecule has 1 N–H and O–H groups in total. The molecule has 0 radical (unpaired) electrons. The smallest absolute Gasteiger partial charge is 0.143 e. The Kier molecular flexibility index (Phi) is 4.51. The Labute approximate surface area is 120 Å². The van der Waals surface area contributed by atoms with Gasteiger partial charge in [0.15, 0.2) is 0 Å². The summed E-state index contributed by atoms with van der Waals surface area (Å²) >= 11 is 0. The largest absolute Gasteiger partial charge is 0.316 e. The third-order valence-corrected chi connectivity index (χ3v) is 4.72. The Morgan fingerprint density at radius 1 is 1.25 bits per heavy atom. The summed E-state index contributed by atoms with van der Waals surface area (Å²) in [6.07, 6.45) is 11.2. The molecule has 1 saturated carbocycles. The highest BCUT2D eigenvalue weighted by Crippen LogP contribution is 2.27. The third kappa shape index (κ3) is 3.29. The number of Topliss-reactive ketones (excluding diaryl/α,β-unsaturated/α-hetero) is 1. The summed E-state index contributed by atoms with van der Waals surface area (Å²) < 4.78 is 2.10. The molecule has 0 spiro atoms. The number of ketones is 1. The Morgan fingerprint density at radius 2 is 2.10 bits per heavy atom. The molecule has 110 valence electrons. The van der Waals surface area contributed by atoms with E-state index in [1.807, 2.05) is 6.07 Å². The fourth-order valence-electron chi connectivity index (χ4n) is 3.47. The van der Waals surface area contributed by atoms with E-state index in [2.05, 4.69) is 21.3 Å². The second-order valence-corrected chi connectivity index (χ2v) is 6.27. The maximum atomic E-state index is 12.3. The van der Waals surface area contributed by atoms with Crippen LogP contribution >= 0.6 is 0 Å². The van der Waals surface area contributed by atoms with Crippen LogP contribution in [0.4, 0.5) is 0 Å². The lowest BCUT2D eigenvalue weighted by Crippen LogP contribution is -2.35. The average Bonchev–Trinajstić information content (AvgIpc) is 2.97. The van der Waals surface area contributed by atoms with E-state index in [9.17, 15) is 4.79 Å². The minimum absolute atomic E-state index is 0.198. The van der Waals surface area contributed by atoms with E-state index in [4.69, 9.17) is 0 Å². The topological polar surface area (TPSA) is 46.9 Å². The first kappa shape index (κ1) is 13.8. The maximum Gasteiger partial charge on any atom is 0.143 e. The van der Waals surface area contributed by atoms with Crippen molar-refractivity contribution < 1.29 is 4.79 Å².